The second-order valence-electron chi connectivity index (χ2n) is 5.54. The molecule has 2 N–H and O–H groups in total. The molecule has 0 radical (unpaired) electrons. The van der Waals surface area contributed by atoms with Crippen molar-refractivity contribution in [2.45, 2.75) is 25.8 Å². The SMILES string of the molecule is CCCC(N)C(=O)N1CCN(c2ncnc3sccc23)CC1.Cl. The van der Waals surface area contributed by atoms with E-state index in [1.54, 1.807) is 17.7 Å². The van der Waals surface area contributed by atoms with Crippen molar-refractivity contribution in [3.05, 3.63) is 17.8 Å². The highest BCUT2D eigenvalue weighted by Crippen LogP contribution is 2.27. The Labute approximate surface area is 146 Å². The summed E-state index contributed by atoms with van der Waals surface area (Å²) in [6.07, 6.45) is 3.30. The van der Waals surface area contributed by atoms with E-state index in [1.165, 1.54) is 0 Å². The topological polar surface area (TPSA) is 75.4 Å². The van der Waals surface area contributed by atoms with E-state index in [2.05, 4.69) is 20.9 Å². The predicted octanol–water partition coefficient (Wildman–Crippen LogP) is 1.89. The van der Waals surface area contributed by atoms with E-state index in [9.17, 15) is 4.79 Å². The Morgan fingerprint density at radius 2 is 2.09 bits per heavy atom. The fraction of sp³-hybridized carbons (Fsp3) is 0.533. The van der Waals surface area contributed by atoms with Crippen molar-refractivity contribution in [3.8, 4) is 0 Å². The van der Waals surface area contributed by atoms with Gasteiger partial charge in [-0.15, -0.1) is 23.7 Å². The van der Waals surface area contributed by atoms with Crippen LogP contribution in [0.5, 0.6) is 0 Å². The lowest BCUT2D eigenvalue weighted by atomic mass is 10.1. The van der Waals surface area contributed by atoms with Crippen LogP contribution in [0, 0.1) is 0 Å². The Hall–Kier alpha value is -1.44. The van der Waals surface area contributed by atoms with Crippen LogP contribution < -0.4 is 10.6 Å². The summed E-state index contributed by atoms with van der Waals surface area (Å²) in [6, 6.07) is 1.70. The summed E-state index contributed by atoms with van der Waals surface area (Å²) in [5.74, 6) is 1.04. The van der Waals surface area contributed by atoms with Gasteiger partial charge in [-0.2, -0.15) is 0 Å². The summed E-state index contributed by atoms with van der Waals surface area (Å²) in [7, 11) is 0. The van der Waals surface area contributed by atoms with Gasteiger partial charge >= 0.3 is 0 Å². The van der Waals surface area contributed by atoms with Gasteiger partial charge in [-0.05, 0) is 17.9 Å². The van der Waals surface area contributed by atoms with Gasteiger partial charge in [0.25, 0.3) is 0 Å². The van der Waals surface area contributed by atoms with Crippen LogP contribution in [0.25, 0.3) is 10.2 Å². The van der Waals surface area contributed by atoms with Crippen molar-refractivity contribution in [3.63, 3.8) is 0 Å². The number of fused-ring (bicyclic) bond motifs is 1. The van der Waals surface area contributed by atoms with Gasteiger partial charge in [0.1, 0.15) is 17.0 Å². The minimum Gasteiger partial charge on any atom is -0.352 e. The molecular weight excluding hydrogens is 334 g/mol. The van der Waals surface area contributed by atoms with Crippen LogP contribution >= 0.6 is 23.7 Å². The number of piperazine rings is 1. The molecule has 126 valence electrons. The normalized spacial score (nSPS) is 16.3. The van der Waals surface area contributed by atoms with Crippen molar-refractivity contribution >= 4 is 45.7 Å². The van der Waals surface area contributed by atoms with E-state index in [0.717, 1.165) is 42.0 Å². The maximum Gasteiger partial charge on any atom is 0.239 e. The third-order valence-electron chi connectivity index (χ3n) is 4.05. The lowest BCUT2D eigenvalue weighted by Gasteiger charge is -2.36. The van der Waals surface area contributed by atoms with Crippen LogP contribution in [-0.2, 0) is 4.79 Å². The molecule has 1 aliphatic rings. The fourth-order valence-corrected chi connectivity index (χ4v) is 3.56. The number of nitrogens with two attached hydrogens (primary N) is 1. The summed E-state index contributed by atoms with van der Waals surface area (Å²) in [6.45, 7) is 5.02. The number of rotatable bonds is 4. The van der Waals surface area contributed by atoms with E-state index in [0.29, 0.717) is 13.1 Å². The molecule has 0 aliphatic carbocycles. The predicted molar refractivity (Wildman–Crippen MR) is 96.3 cm³/mol. The van der Waals surface area contributed by atoms with Gasteiger partial charge in [0.15, 0.2) is 0 Å². The highest BCUT2D eigenvalue weighted by atomic mass is 35.5. The number of thiophene rings is 1. The maximum absolute atomic E-state index is 12.3. The molecule has 0 saturated carbocycles. The van der Waals surface area contributed by atoms with E-state index < -0.39 is 0 Å². The van der Waals surface area contributed by atoms with Crippen LogP contribution in [0.4, 0.5) is 5.82 Å². The molecule has 1 amide bonds. The molecule has 3 rings (SSSR count). The molecule has 2 aromatic heterocycles. The van der Waals surface area contributed by atoms with Gasteiger partial charge in [0.05, 0.1) is 11.4 Å². The van der Waals surface area contributed by atoms with Crippen LogP contribution in [0.1, 0.15) is 19.8 Å². The average molecular weight is 356 g/mol. The molecule has 2 aromatic rings. The highest BCUT2D eigenvalue weighted by molar-refractivity contribution is 7.16. The lowest BCUT2D eigenvalue weighted by Crippen LogP contribution is -2.53. The summed E-state index contributed by atoms with van der Waals surface area (Å²) < 4.78 is 0. The second-order valence-corrected chi connectivity index (χ2v) is 6.44. The highest BCUT2D eigenvalue weighted by Gasteiger charge is 2.26. The molecule has 23 heavy (non-hydrogen) atoms. The molecule has 0 spiro atoms. The largest absolute Gasteiger partial charge is 0.352 e. The number of nitrogens with zero attached hydrogens (tertiary/aromatic N) is 4. The first-order valence-corrected chi connectivity index (χ1v) is 8.56. The number of halogens is 1. The number of anilines is 1. The third kappa shape index (κ3) is 3.73. The molecule has 1 saturated heterocycles. The van der Waals surface area contributed by atoms with Crippen molar-refractivity contribution in [1.29, 1.82) is 0 Å². The molecule has 1 fully saturated rings. The van der Waals surface area contributed by atoms with Gasteiger partial charge < -0.3 is 15.5 Å². The Bertz CT molecular complexity index is 656. The van der Waals surface area contributed by atoms with Gasteiger partial charge in [-0.1, -0.05) is 13.3 Å². The van der Waals surface area contributed by atoms with Crippen molar-refractivity contribution in [2.24, 2.45) is 5.73 Å². The Balaban J connectivity index is 0.00000192. The second kappa shape index (κ2) is 7.90. The van der Waals surface area contributed by atoms with Crippen molar-refractivity contribution in [2.75, 3.05) is 31.1 Å². The molecular formula is C15H22ClN5OS. The minimum atomic E-state index is -0.362. The van der Waals surface area contributed by atoms with E-state index in [1.807, 2.05) is 17.2 Å². The molecule has 6 nitrogen and oxygen atoms in total. The van der Waals surface area contributed by atoms with Crippen LogP contribution in [0.3, 0.4) is 0 Å². The van der Waals surface area contributed by atoms with Gasteiger partial charge in [0.2, 0.25) is 5.91 Å². The van der Waals surface area contributed by atoms with Crippen LogP contribution in [0.15, 0.2) is 17.8 Å². The number of hydrogen-bond donors (Lipinski definition) is 1. The molecule has 1 atom stereocenters. The zero-order chi connectivity index (χ0) is 15.5. The molecule has 0 aromatic carbocycles. The number of amides is 1. The van der Waals surface area contributed by atoms with E-state index in [4.69, 9.17) is 5.73 Å². The lowest BCUT2D eigenvalue weighted by molar-refractivity contribution is -0.133. The Morgan fingerprint density at radius 3 is 2.78 bits per heavy atom. The van der Waals surface area contributed by atoms with Crippen molar-refractivity contribution < 1.29 is 4.79 Å². The number of carbonyl (C=O) groups excluding carboxylic acids is 1. The van der Waals surface area contributed by atoms with Gasteiger partial charge in [0, 0.05) is 26.2 Å². The molecule has 8 heteroatoms. The molecule has 1 aliphatic heterocycles. The quantitative estimate of drug-likeness (QED) is 0.906. The molecule has 0 bridgehead atoms. The van der Waals surface area contributed by atoms with Gasteiger partial charge in [-0.25, -0.2) is 9.97 Å². The standard InChI is InChI=1S/C15H21N5OS.ClH/c1-2-3-12(16)15(21)20-7-5-19(6-8-20)13-11-4-9-22-14(11)18-10-17-13;/h4,9-10,12H,2-3,5-8,16H2,1H3;1H. The van der Waals surface area contributed by atoms with Gasteiger partial charge in [-0.3, -0.25) is 4.79 Å². The Kier molecular flexibility index (Phi) is 6.15. The van der Waals surface area contributed by atoms with E-state index >= 15 is 0 Å². The van der Waals surface area contributed by atoms with E-state index in [-0.39, 0.29) is 24.4 Å². The third-order valence-corrected chi connectivity index (χ3v) is 4.87. The molecule has 3 heterocycles. The zero-order valence-corrected chi connectivity index (χ0v) is 14.8. The maximum atomic E-state index is 12.3. The average Bonchev–Trinajstić information content (AvgIpc) is 3.03. The summed E-state index contributed by atoms with van der Waals surface area (Å²) in [5.41, 5.74) is 5.94. The zero-order valence-electron chi connectivity index (χ0n) is 13.1. The Morgan fingerprint density at radius 1 is 1.35 bits per heavy atom. The first kappa shape index (κ1) is 17.9. The molecule has 1 unspecified atom stereocenters. The smallest absolute Gasteiger partial charge is 0.239 e. The number of hydrogen-bond acceptors (Lipinski definition) is 6. The fourth-order valence-electron chi connectivity index (χ4n) is 2.84. The summed E-state index contributed by atoms with van der Waals surface area (Å²) >= 11 is 1.62. The summed E-state index contributed by atoms with van der Waals surface area (Å²) in [4.78, 5) is 26.1. The monoisotopic (exact) mass is 355 g/mol. The van der Waals surface area contributed by atoms with Crippen molar-refractivity contribution in [1.82, 2.24) is 14.9 Å². The minimum absolute atomic E-state index is 0. The first-order chi connectivity index (χ1) is 10.7. The van der Waals surface area contributed by atoms with Crippen LogP contribution in [0.2, 0.25) is 0 Å². The number of carbonyl (C=O) groups is 1. The first-order valence-electron chi connectivity index (χ1n) is 7.68. The summed E-state index contributed by atoms with van der Waals surface area (Å²) in [5, 5.41) is 3.13. The van der Waals surface area contributed by atoms with Crippen LogP contribution in [-0.4, -0.2) is 53.0 Å². The number of aromatic nitrogens is 2.